The second-order valence-corrected chi connectivity index (χ2v) is 3.90. The van der Waals surface area contributed by atoms with Crippen molar-refractivity contribution in [3.63, 3.8) is 0 Å². The topological polar surface area (TPSA) is 91.0 Å². The van der Waals surface area contributed by atoms with Crippen LogP contribution in [0.1, 0.15) is 12.5 Å². The fourth-order valence-corrected chi connectivity index (χ4v) is 1.74. The maximum Gasteiger partial charge on any atom is 0.320 e. The van der Waals surface area contributed by atoms with Gasteiger partial charge in [0.15, 0.2) is 11.5 Å². The minimum atomic E-state index is -1.05. The molecule has 0 bridgehead atoms. The average Bonchev–Trinajstić information content (AvgIpc) is 2.76. The second kappa shape index (κ2) is 5.14. The Balaban J connectivity index is 2.29. The first-order valence-corrected chi connectivity index (χ1v) is 5.65. The zero-order valence-electron chi connectivity index (χ0n) is 10.0. The number of carboxylic acid groups (broad SMARTS) is 1. The predicted octanol–water partition coefficient (Wildman–Crippen LogP) is 0.768. The summed E-state index contributed by atoms with van der Waals surface area (Å²) in [7, 11) is 0. The number of carboxylic acids is 1. The summed E-state index contributed by atoms with van der Waals surface area (Å²) in [4.78, 5) is 10.8. The van der Waals surface area contributed by atoms with Crippen molar-refractivity contribution in [1.82, 2.24) is 0 Å². The number of benzene rings is 1. The quantitative estimate of drug-likeness (QED) is 0.805. The minimum absolute atomic E-state index is 0.162. The number of carbonyl (C=O) groups is 1. The average molecular weight is 253 g/mol. The maximum atomic E-state index is 10.8. The summed E-state index contributed by atoms with van der Waals surface area (Å²) in [5.74, 6) is 0.728. The van der Waals surface area contributed by atoms with Crippen molar-refractivity contribution in [2.24, 2.45) is 5.73 Å². The van der Waals surface area contributed by atoms with Gasteiger partial charge in [-0.3, -0.25) is 4.79 Å². The van der Waals surface area contributed by atoms with Crippen LogP contribution in [-0.2, 0) is 11.2 Å². The second-order valence-electron chi connectivity index (χ2n) is 3.90. The summed E-state index contributed by atoms with van der Waals surface area (Å²) in [5.41, 5.74) is 6.24. The molecule has 3 N–H and O–H groups in total. The van der Waals surface area contributed by atoms with Crippen molar-refractivity contribution in [3.05, 3.63) is 17.7 Å². The lowest BCUT2D eigenvalue weighted by molar-refractivity contribution is -0.138. The molecule has 0 amide bonds. The van der Waals surface area contributed by atoms with E-state index in [0.717, 1.165) is 0 Å². The van der Waals surface area contributed by atoms with Crippen molar-refractivity contribution in [1.29, 1.82) is 0 Å². The summed E-state index contributed by atoms with van der Waals surface area (Å²) < 4.78 is 16.0. The zero-order chi connectivity index (χ0) is 13.1. The Morgan fingerprint density at radius 3 is 2.78 bits per heavy atom. The van der Waals surface area contributed by atoms with Gasteiger partial charge in [-0.15, -0.1) is 0 Å². The van der Waals surface area contributed by atoms with Gasteiger partial charge < -0.3 is 25.1 Å². The zero-order valence-corrected chi connectivity index (χ0v) is 10.0. The highest BCUT2D eigenvalue weighted by molar-refractivity contribution is 5.73. The van der Waals surface area contributed by atoms with E-state index in [9.17, 15) is 4.79 Å². The third-order valence-corrected chi connectivity index (χ3v) is 2.61. The van der Waals surface area contributed by atoms with E-state index >= 15 is 0 Å². The van der Waals surface area contributed by atoms with Gasteiger partial charge in [0.1, 0.15) is 11.8 Å². The number of nitrogens with two attached hydrogens (primary N) is 1. The molecule has 1 aromatic rings. The van der Waals surface area contributed by atoms with Crippen molar-refractivity contribution >= 4 is 5.97 Å². The Morgan fingerprint density at radius 1 is 1.50 bits per heavy atom. The van der Waals surface area contributed by atoms with Crippen molar-refractivity contribution in [3.8, 4) is 17.2 Å². The lowest BCUT2D eigenvalue weighted by Crippen LogP contribution is -2.32. The van der Waals surface area contributed by atoms with E-state index < -0.39 is 12.0 Å². The van der Waals surface area contributed by atoms with Gasteiger partial charge in [-0.2, -0.15) is 0 Å². The fourth-order valence-electron chi connectivity index (χ4n) is 1.74. The SMILES string of the molecule is CCOc1cc2c(cc1CC(N)C(=O)O)OCO2. The molecule has 0 saturated carbocycles. The van der Waals surface area contributed by atoms with Gasteiger partial charge in [-0.05, 0) is 13.0 Å². The summed E-state index contributed by atoms with van der Waals surface area (Å²) in [6.07, 6.45) is 0.182. The molecular formula is C12H15NO5. The summed E-state index contributed by atoms with van der Waals surface area (Å²) in [5, 5.41) is 8.84. The van der Waals surface area contributed by atoms with Gasteiger partial charge in [0.2, 0.25) is 6.79 Å². The Kier molecular flexibility index (Phi) is 3.57. The first-order valence-electron chi connectivity index (χ1n) is 5.65. The van der Waals surface area contributed by atoms with Gasteiger partial charge in [-0.1, -0.05) is 0 Å². The van der Waals surface area contributed by atoms with E-state index in [1.54, 1.807) is 12.1 Å². The highest BCUT2D eigenvalue weighted by Crippen LogP contribution is 2.38. The van der Waals surface area contributed by atoms with Crippen LogP contribution in [0.3, 0.4) is 0 Å². The largest absolute Gasteiger partial charge is 0.493 e. The molecule has 1 atom stereocenters. The van der Waals surface area contributed by atoms with E-state index in [2.05, 4.69) is 0 Å². The molecule has 0 radical (unpaired) electrons. The number of aliphatic carboxylic acids is 1. The lowest BCUT2D eigenvalue weighted by Gasteiger charge is -2.13. The molecule has 0 aliphatic carbocycles. The molecule has 0 spiro atoms. The first-order chi connectivity index (χ1) is 8.61. The Labute approximate surface area is 104 Å². The molecule has 1 aromatic carbocycles. The molecule has 6 heteroatoms. The smallest absolute Gasteiger partial charge is 0.320 e. The summed E-state index contributed by atoms with van der Waals surface area (Å²) in [6, 6.07) is 2.45. The molecule has 0 saturated heterocycles. The van der Waals surface area contributed by atoms with Crippen LogP contribution in [-0.4, -0.2) is 30.5 Å². The number of hydrogen-bond acceptors (Lipinski definition) is 5. The predicted molar refractivity (Wildman–Crippen MR) is 63.0 cm³/mol. The van der Waals surface area contributed by atoms with Crippen molar-refractivity contribution in [2.45, 2.75) is 19.4 Å². The molecule has 1 heterocycles. The molecular weight excluding hydrogens is 238 g/mol. The van der Waals surface area contributed by atoms with Crippen molar-refractivity contribution < 1.29 is 24.1 Å². The van der Waals surface area contributed by atoms with E-state index in [4.69, 9.17) is 25.1 Å². The van der Waals surface area contributed by atoms with E-state index in [-0.39, 0.29) is 13.2 Å². The lowest BCUT2D eigenvalue weighted by atomic mass is 10.0. The Hall–Kier alpha value is -1.95. The number of fused-ring (bicyclic) bond motifs is 1. The van der Waals surface area contributed by atoms with E-state index in [0.29, 0.717) is 29.4 Å². The van der Waals surface area contributed by atoms with Crippen molar-refractivity contribution in [2.75, 3.05) is 13.4 Å². The molecule has 6 nitrogen and oxygen atoms in total. The number of rotatable bonds is 5. The van der Waals surface area contributed by atoms with Crippen LogP contribution in [0.15, 0.2) is 12.1 Å². The number of ether oxygens (including phenoxy) is 3. The monoisotopic (exact) mass is 253 g/mol. The van der Waals surface area contributed by atoms with E-state index in [1.165, 1.54) is 0 Å². The van der Waals surface area contributed by atoms with Gasteiger partial charge in [0.25, 0.3) is 0 Å². The Bertz CT molecular complexity index is 460. The Morgan fingerprint density at radius 2 is 2.17 bits per heavy atom. The molecule has 18 heavy (non-hydrogen) atoms. The van der Waals surface area contributed by atoms with Gasteiger partial charge in [0, 0.05) is 18.1 Å². The summed E-state index contributed by atoms with van der Waals surface area (Å²) in [6.45, 7) is 2.50. The van der Waals surface area contributed by atoms with Crippen LogP contribution in [0, 0.1) is 0 Å². The molecule has 98 valence electrons. The highest BCUT2D eigenvalue weighted by atomic mass is 16.7. The molecule has 1 aliphatic heterocycles. The molecule has 0 fully saturated rings. The van der Waals surface area contributed by atoms with Gasteiger partial charge in [-0.25, -0.2) is 0 Å². The van der Waals surface area contributed by atoms with Crippen LogP contribution in [0.5, 0.6) is 17.2 Å². The third-order valence-electron chi connectivity index (χ3n) is 2.61. The van der Waals surface area contributed by atoms with Gasteiger partial charge >= 0.3 is 5.97 Å². The third kappa shape index (κ3) is 2.48. The fraction of sp³-hybridized carbons (Fsp3) is 0.417. The van der Waals surface area contributed by atoms with Gasteiger partial charge in [0.05, 0.1) is 6.61 Å². The standard InChI is InChI=1S/C12H15NO5/c1-2-16-9-5-11-10(17-6-18-11)4-7(9)3-8(13)12(14)15/h4-5,8H,2-3,6,13H2,1H3,(H,14,15). The van der Waals surface area contributed by atoms with Crippen LogP contribution in [0.25, 0.3) is 0 Å². The molecule has 0 aromatic heterocycles. The van der Waals surface area contributed by atoms with Crippen LogP contribution in [0.4, 0.5) is 0 Å². The normalized spacial score (nSPS) is 14.3. The van der Waals surface area contributed by atoms with Crippen LogP contribution >= 0.6 is 0 Å². The molecule has 1 aliphatic rings. The van der Waals surface area contributed by atoms with Crippen LogP contribution in [0.2, 0.25) is 0 Å². The molecule has 2 rings (SSSR count). The maximum absolute atomic E-state index is 10.8. The van der Waals surface area contributed by atoms with E-state index in [1.807, 2.05) is 6.92 Å². The molecule has 1 unspecified atom stereocenters. The van der Waals surface area contributed by atoms with Crippen LogP contribution < -0.4 is 19.9 Å². The highest BCUT2D eigenvalue weighted by Gasteiger charge is 2.21. The number of hydrogen-bond donors (Lipinski definition) is 2. The summed E-state index contributed by atoms with van der Waals surface area (Å²) >= 11 is 0. The minimum Gasteiger partial charge on any atom is -0.493 e. The first kappa shape index (κ1) is 12.5.